The van der Waals surface area contributed by atoms with E-state index in [2.05, 4.69) is 9.98 Å². The summed E-state index contributed by atoms with van der Waals surface area (Å²) < 4.78 is 12.1. The van der Waals surface area contributed by atoms with Crippen LogP contribution < -0.4 is 0 Å². The Bertz CT molecular complexity index is 1080. The Morgan fingerprint density at radius 2 is 2.00 bits per heavy atom. The smallest absolute Gasteiger partial charge is 0.337 e. The fourth-order valence-electron chi connectivity index (χ4n) is 2.64. The summed E-state index contributed by atoms with van der Waals surface area (Å²) in [6, 6.07) is 16.5. The molecule has 3 heterocycles. The lowest BCUT2D eigenvalue weighted by Gasteiger charge is -2.00. The molecule has 0 N–H and O–H groups in total. The van der Waals surface area contributed by atoms with E-state index >= 15 is 0 Å². The number of aliphatic imine (C=N–C) groups is 1. The Labute approximate surface area is 149 Å². The normalized spacial score (nSPS) is 11.3. The monoisotopic (exact) mass is 345 g/mol. The van der Waals surface area contributed by atoms with Crippen LogP contribution in [0.15, 0.2) is 76.5 Å². The number of hydrogen-bond acceptors (Lipinski definition) is 5. The quantitative estimate of drug-likeness (QED) is 0.412. The number of furan rings is 1. The number of fused-ring (bicyclic) bond motifs is 1. The molecule has 0 atom stereocenters. The van der Waals surface area contributed by atoms with Gasteiger partial charge in [0.25, 0.3) is 0 Å². The number of nitrogens with zero attached hydrogens (tertiary/aromatic N) is 3. The number of hydrogen-bond donors (Lipinski definition) is 0. The summed E-state index contributed by atoms with van der Waals surface area (Å²) in [7, 11) is 1.36. The van der Waals surface area contributed by atoms with Gasteiger partial charge in [-0.05, 0) is 42.0 Å². The highest BCUT2D eigenvalue weighted by Crippen LogP contribution is 2.31. The summed E-state index contributed by atoms with van der Waals surface area (Å²) in [5.74, 6) is 0.963. The van der Waals surface area contributed by atoms with Crippen LogP contribution in [-0.2, 0) is 4.74 Å². The van der Waals surface area contributed by atoms with Crippen molar-refractivity contribution < 1.29 is 13.9 Å². The van der Waals surface area contributed by atoms with Crippen LogP contribution in [-0.4, -0.2) is 28.7 Å². The van der Waals surface area contributed by atoms with E-state index in [9.17, 15) is 4.79 Å². The Kier molecular flexibility index (Phi) is 4.07. The Balaban J connectivity index is 1.73. The molecule has 6 nitrogen and oxygen atoms in total. The number of aromatic nitrogens is 2. The Morgan fingerprint density at radius 1 is 1.15 bits per heavy atom. The largest absolute Gasteiger partial charge is 0.465 e. The minimum atomic E-state index is -0.365. The molecule has 0 saturated heterocycles. The molecular formula is C20H15N3O3. The maximum absolute atomic E-state index is 11.5. The number of esters is 1. The number of imidazole rings is 1. The first-order valence-electron chi connectivity index (χ1n) is 7.99. The first-order chi connectivity index (χ1) is 12.8. The van der Waals surface area contributed by atoms with Crippen LogP contribution in [0.25, 0.3) is 17.1 Å². The molecule has 0 aliphatic heterocycles. The van der Waals surface area contributed by atoms with Gasteiger partial charge in [0.05, 0.1) is 18.9 Å². The minimum Gasteiger partial charge on any atom is -0.465 e. The molecule has 0 aliphatic rings. The number of benzene rings is 1. The van der Waals surface area contributed by atoms with Crippen LogP contribution in [0.2, 0.25) is 0 Å². The molecule has 4 rings (SSSR count). The summed E-state index contributed by atoms with van der Waals surface area (Å²) in [4.78, 5) is 20.7. The fourth-order valence-corrected chi connectivity index (χ4v) is 2.64. The van der Waals surface area contributed by atoms with Crippen molar-refractivity contribution >= 4 is 23.6 Å². The Hall–Kier alpha value is -3.67. The molecule has 0 aliphatic carbocycles. The van der Waals surface area contributed by atoms with Crippen LogP contribution in [0, 0.1) is 0 Å². The summed E-state index contributed by atoms with van der Waals surface area (Å²) in [5.41, 5.74) is 2.81. The van der Waals surface area contributed by atoms with E-state index < -0.39 is 0 Å². The number of ether oxygens (including phenoxy) is 1. The molecule has 128 valence electrons. The lowest BCUT2D eigenvalue weighted by atomic mass is 10.1. The minimum absolute atomic E-state index is 0.365. The first kappa shape index (κ1) is 15.8. The van der Waals surface area contributed by atoms with Crippen LogP contribution in [0.1, 0.15) is 15.9 Å². The second-order valence-electron chi connectivity index (χ2n) is 5.56. The van der Waals surface area contributed by atoms with E-state index in [0.29, 0.717) is 22.8 Å². The zero-order valence-corrected chi connectivity index (χ0v) is 14.0. The number of pyridine rings is 1. The lowest BCUT2D eigenvalue weighted by Crippen LogP contribution is -2.00. The van der Waals surface area contributed by atoms with Crippen molar-refractivity contribution in [2.24, 2.45) is 4.99 Å². The van der Waals surface area contributed by atoms with Crippen molar-refractivity contribution in [1.29, 1.82) is 0 Å². The van der Waals surface area contributed by atoms with E-state index in [4.69, 9.17) is 9.15 Å². The van der Waals surface area contributed by atoms with E-state index in [1.54, 1.807) is 24.6 Å². The average Bonchev–Trinajstić information content (AvgIpc) is 3.34. The van der Waals surface area contributed by atoms with Crippen LogP contribution >= 0.6 is 0 Å². The third-order valence-corrected chi connectivity index (χ3v) is 3.93. The molecule has 0 bridgehead atoms. The van der Waals surface area contributed by atoms with Crippen molar-refractivity contribution in [3.63, 3.8) is 0 Å². The molecule has 4 aromatic rings. The molecule has 0 unspecified atom stereocenters. The highest BCUT2D eigenvalue weighted by molar-refractivity contribution is 5.91. The first-order valence-corrected chi connectivity index (χ1v) is 7.99. The predicted octanol–water partition coefficient (Wildman–Crippen LogP) is 4.13. The van der Waals surface area contributed by atoms with Gasteiger partial charge in [-0.1, -0.05) is 18.2 Å². The van der Waals surface area contributed by atoms with Crippen molar-refractivity contribution in [1.82, 2.24) is 9.38 Å². The topological polar surface area (TPSA) is 69.1 Å². The third-order valence-electron chi connectivity index (χ3n) is 3.93. The van der Waals surface area contributed by atoms with E-state index in [1.165, 1.54) is 7.11 Å². The van der Waals surface area contributed by atoms with Gasteiger partial charge < -0.3 is 9.15 Å². The number of rotatable bonds is 4. The maximum Gasteiger partial charge on any atom is 0.337 e. The number of carbonyl (C=O) groups is 1. The van der Waals surface area contributed by atoms with Gasteiger partial charge in [-0.2, -0.15) is 0 Å². The molecule has 3 aromatic heterocycles. The van der Waals surface area contributed by atoms with Gasteiger partial charge in [0.15, 0.2) is 17.3 Å². The Morgan fingerprint density at radius 3 is 2.73 bits per heavy atom. The molecular weight excluding hydrogens is 330 g/mol. The molecule has 26 heavy (non-hydrogen) atoms. The van der Waals surface area contributed by atoms with Crippen LogP contribution in [0.4, 0.5) is 5.82 Å². The number of carbonyl (C=O) groups excluding carboxylic acids is 1. The second kappa shape index (κ2) is 6.68. The molecule has 0 saturated carbocycles. The van der Waals surface area contributed by atoms with Crippen LogP contribution in [0.5, 0.6) is 0 Å². The van der Waals surface area contributed by atoms with E-state index in [-0.39, 0.29) is 5.97 Å². The van der Waals surface area contributed by atoms with Gasteiger partial charge >= 0.3 is 5.97 Å². The van der Waals surface area contributed by atoms with Gasteiger partial charge in [-0.3, -0.25) is 4.40 Å². The molecule has 0 amide bonds. The third kappa shape index (κ3) is 2.88. The molecule has 6 heteroatoms. The summed E-state index contributed by atoms with van der Waals surface area (Å²) in [5, 5.41) is 0. The lowest BCUT2D eigenvalue weighted by molar-refractivity contribution is 0.0600. The van der Waals surface area contributed by atoms with Gasteiger partial charge in [-0.15, -0.1) is 0 Å². The predicted molar refractivity (Wildman–Crippen MR) is 97.9 cm³/mol. The summed E-state index contributed by atoms with van der Waals surface area (Å²) in [6.45, 7) is 0. The molecule has 0 fully saturated rings. The van der Waals surface area contributed by atoms with Crippen molar-refractivity contribution in [3.05, 3.63) is 78.2 Å². The van der Waals surface area contributed by atoms with E-state index in [1.807, 2.05) is 53.1 Å². The average molecular weight is 345 g/mol. The van der Waals surface area contributed by atoms with Crippen molar-refractivity contribution in [3.8, 4) is 11.5 Å². The summed E-state index contributed by atoms with van der Waals surface area (Å²) >= 11 is 0. The van der Waals surface area contributed by atoms with Crippen molar-refractivity contribution in [2.75, 3.05) is 7.11 Å². The molecule has 0 spiro atoms. The molecule has 1 aromatic carbocycles. The standard InChI is InChI=1S/C20H15N3O3/c1-25-20(24)15-9-7-14(8-10-15)13-21-19-18(16-5-4-12-26-16)22-17-6-2-3-11-23(17)19/h2-13H,1H3/b21-13+. The maximum atomic E-state index is 11.5. The zero-order valence-electron chi connectivity index (χ0n) is 14.0. The van der Waals surface area contributed by atoms with Gasteiger partial charge in [0.1, 0.15) is 5.65 Å². The SMILES string of the molecule is COC(=O)c1ccc(/C=N/c2c(-c3ccco3)nc3ccccn23)cc1. The highest BCUT2D eigenvalue weighted by Gasteiger charge is 2.15. The van der Waals surface area contributed by atoms with Gasteiger partial charge in [0, 0.05) is 12.4 Å². The number of methoxy groups -OCH3 is 1. The van der Waals surface area contributed by atoms with Crippen LogP contribution in [0.3, 0.4) is 0 Å². The van der Waals surface area contributed by atoms with Crippen molar-refractivity contribution in [2.45, 2.75) is 0 Å². The fraction of sp³-hybridized carbons (Fsp3) is 0.0500. The highest BCUT2D eigenvalue weighted by atomic mass is 16.5. The summed E-state index contributed by atoms with van der Waals surface area (Å²) in [6.07, 6.45) is 5.24. The van der Waals surface area contributed by atoms with Gasteiger partial charge in [-0.25, -0.2) is 14.8 Å². The molecule has 0 radical (unpaired) electrons. The van der Waals surface area contributed by atoms with Gasteiger partial charge in [0.2, 0.25) is 0 Å². The second-order valence-corrected chi connectivity index (χ2v) is 5.56. The van der Waals surface area contributed by atoms with E-state index in [0.717, 1.165) is 11.2 Å². The zero-order chi connectivity index (χ0) is 17.9.